The average Bonchev–Trinajstić information content (AvgIpc) is 2.42. The van der Waals surface area contributed by atoms with Crippen molar-refractivity contribution in [3.8, 4) is 0 Å². The SMILES string of the molecule is C=CCNC(=O)c1cccc(C(=O)NCC(C)C)n1. The van der Waals surface area contributed by atoms with Gasteiger partial charge in [-0.3, -0.25) is 9.59 Å². The second-order valence-electron chi connectivity index (χ2n) is 4.51. The number of carbonyl (C=O) groups excluding carboxylic acids is 2. The maximum absolute atomic E-state index is 11.8. The molecule has 2 amide bonds. The summed E-state index contributed by atoms with van der Waals surface area (Å²) in [4.78, 5) is 27.6. The molecule has 0 aliphatic rings. The first-order valence-corrected chi connectivity index (χ1v) is 6.19. The van der Waals surface area contributed by atoms with E-state index in [1.54, 1.807) is 24.3 Å². The predicted molar refractivity (Wildman–Crippen MR) is 73.9 cm³/mol. The Kier molecular flexibility index (Phi) is 5.73. The molecule has 2 N–H and O–H groups in total. The van der Waals surface area contributed by atoms with E-state index in [4.69, 9.17) is 0 Å². The number of rotatable bonds is 6. The Bertz CT molecular complexity index is 470. The van der Waals surface area contributed by atoms with Crippen molar-refractivity contribution in [3.63, 3.8) is 0 Å². The van der Waals surface area contributed by atoms with Gasteiger partial charge < -0.3 is 10.6 Å². The lowest BCUT2D eigenvalue weighted by Gasteiger charge is -2.08. The molecule has 1 aromatic rings. The molecule has 1 aromatic heterocycles. The number of pyridine rings is 1. The minimum Gasteiger partial charge on any atom is -0.350 e. The van der Waals surface area contributed by atoms with E-state index in [0.29, 0.717) is 19.0 Å². The normalized spacial score (nSPS) is 10.1. The molecular weight excluding hydrogens is 242 g/mol. The highest BCUT2D eigenvalue weighted by Gasteiger charge is 2.11. The van der Waals surface area contributed by atoms with Crippen LogP contribution in [0.25, 0.3) is 0 Å². The minimum atomic E-state index is -0.321. The van der Waals surface area contributed by atoms with Crippen molar-refractivity contribution >= 4 is 11.8 Å². The third kappa shape index (κ3) is 4.91. The quantitative estimate of drug-likeness (QED) is 0.760. The summed E-state index contributed by atoms with van der Waals surface area (Å²) >= 11 is 0. The van der Waals surface area contributed by atoms with E-state index in [-0.39, 0.29) is 23.2 Å². The summed E-state index contributed by atoms with van der Waals surface area (Å²) in [5.41, 5.74) is 0.464. The van der Waals surface area contributed by atoms with Gasteiger partial charge in [-0.25, -0.2) is 4.98 Å². The molecule has 0 aliphatic heterocycles. The Hall–Kier alpha value is -2.17. The average molecular weight is 261 g/mol. The molecule has 5 heteroatoms. The van der Waals surface area contributed by atoms with Crippen LogP contribution in [0.3, 0.4) is 0 Å². The topological polar surface area (TPSA) is 71.1 Å². The van der Waals surface area contributed by atoms with E-state index in [9.17, 15) is 9.59 Å². The number of carbonyl (C=O) groups is 2. The Labute approximate surface area is 113 Å². The zero-order chi connectivity index (χ0) is 14.3. The summed E-state index contributed by atoms with van der Waals surface area (Å²) in [6, 6.07) is 4.79. The lowest BCUT2D eigenvalue weighted by Crippen LogP contribution is -2.29. The summed E-state index contributed by atoms with van der Waals surface area (Å²) in [6.07, 6.45) is 1.58. The van der Waals surface area contributed by atoms with Crippen LogP contribution in [0.15, 0.2) is 30.9 Å². The van der Waals surface area contributed by atoms with Gasteiger partial charge in [0.15, 0.2) is 0 Å². The second kappa shape index (κ2) is 7.31. The number of hydrogen-bond donors (Lipinski definition) is 2. The fourth-order valence-electron chi connectivity index (χ4n) is 1.33. The van der Waals surface area contributed by atoms with E-state index in [1.807, 2.05) is 13.8 Å². The third-order valence-corrected chi connectivity index (χ3v) is 2.29. The van der Waals surface area contributed by atoms with Crippen LogP contribution in [0.5, 0.6) is 0 Å². The summed E-state index contributed by atoms with van der Waals surface area (Å²) in [6.45, 7) is 8.47. The monoisotopic (exact) mass is 261 g/mol. The highest BCUT2D eigenvalue weighted by Crippen LogP contribution is 2.00. The molecule has 0 unspecified atom stereocenters. The smallest absolute Gasteiger partial charge is 0.270 e. The molecule has 0 aliphatic carbocycles. The fraction of sp³-hybridized carbons (Fsp3) is 0.357. The third-order valence-electron chi connectivity index (χ3n) is 2.29. The van der Waals surface area contributed by atoms with Gasteiger partial charge in [-0.05, 0) is 18.1 Å². The van der Waals surface area contributed by atoms with Crippen molar-refractivity contribution in [2.45, 2.75) is 13.8 Å². The molecule has 0 saturated carbocycles. The Balaban J connectivity index is 2.73. The van der Waals surface area contributed by atoms with Crippen LogP contribution in [-0.4, -0.2) is 29.9 Å². The summed E-state index contributed by atoms with van der Waals surface area (Å²) in [5.74, 6) is -0.228. The molecule has 0 aromatic carbocycles. The molecule has 102 valence electrons. The number of hydrogen-bond acceptors (Lipinski definition) is 3. The van der Waals surface area contributed by atoms with Crippen LogP contribution in [0.1, 0.15) is 34.8 Å². The fourth-order valence-corrected chi connectivity index (χ4v) is 1.33. The van der Waals surface area contributed by atoms with Gasteiger partial charge in [0.25, 0.3) is 11.8 Å². The first kappa shape index (κ1) is 14.9. The van der Waals surface area contributed by atoms with Crippen LogP contribution < -0.4 is 10.6 Å². The summed E-state index contributed by atoms with van der Waals surface area (Å²) < 4.78 is 0. The van der Waals surface area contributed by atoms with E-state index >= 15 is 0 Å². The van der Waals surface area contributed by atoms with Gasteiger partial charge in [-0.15, -0.1) is 6.58 Å². The van der Waals surface area contributed by atoms with E-state index in [2.05, 4.69) is 22.2 Å². The van der Waals surface area contributed by atoms with Crippen LogP contribution in [0.2, 0.25) is 0 Å². The summed E-state index contributed by atoms with van der Waals surface area (Å²) in [5, 5.41) is 5.37. The highest BCUT2D eigenvalue weighted by molar-refractivity contribution is 5.96. The van der Waals surface area contributed by atoms with Crippen molar-refractivity contribution in [2.75, 3.05) is 13.1 Å². The minimum absolute atomic E-state index is 0.221. The van der Waals surface area contributed by atoms with Crippen molar-refractivity contribution in [3.05, 3.63) is 42.2 Å². The molecule has 0 atom stereocenters. The molecule has 1 heterocycles. The Morgan fingerprint density at radius 3 is 2.37 bits per heavy atom. The molecule has 0 spiro atoms. The highest BCUT2D eigenvalue weighted by atomic mass is 16.2. The van der Waals surface area contributed by atoms with E-state index in [0.717, 1.165) is 0 Å². The van der Waals surface area contributed by atoms with Gasteiger partial charge in [0.05, 0.1) is 0 Å². The van der Waals surface area contributed by atoms with Crippen molar-refractivity contribution < 1.29 is 9.59 Å². The van der Waals surface area contributed by atoms with Crippen molar-refractivity contribution in [1.82, 2.24) is 15.6 Å². The van der Waals surface area contributed by atoms with Crippen LogP contribution in [0, 0.1) is 5.92 Å². The molecule has 19 heavy (non-hydrogen) atoms. The molecule has 0 radical (unpaired) electrons. The zero-order valence-electron chi connectivity index (χ0n) is 11.3. The Morgan fingerprint density at radius 2 is 1.84 bits per heavy atom. The largest absolute Gasteiger partial charge is 0.350 e. The Morgan fingerprint density at radius 1 is 1.26 bits per heavy atom. The lowest BCUT2D eigenvalue weighted by atomic mass is 10.2. The van der Waals surface area contributed by atoms with Crippen LogP contribution in [-0.2, 0) is 0 Å². The molecule has 1 rings (SSSR count). The van der Waals surface area contributed by atoms with Gasteiger partial charge in [0.2, 0.25) is 0 Å². The molecule has 0 saturated heterocycles. The standard InChI is InChI=1S/C14H19N3O2/c1-4-8-15-13(18)11-6-5-7-12(17-11)14(19)16-9-10(2)3/h4-7,10H,1,8-9H2,2-3H3,(H,15,18)(H,16,19). The number of amides is 2. The van der Waals surface area contributed by atoms with Gasteiger partial charge in [0, 0.05) is 13.1 Å². The van der Waals surface area contributed by atoms with Crippen LogP contribution >= 0.6 is 0 Å². The maximum atomic E-state index is 11.8. The predicted octanol–water partition coefficient (Wildman–Crippen LogP) is 1.38. The maximum Gasteiger partial charge on any atom is 0.270 e. The van der Waals surface area contributed by atoms with Gasteiger partial charge in [-0.2, -0.15) is 0 Å². The first-order valence-electron chi connectivity index (χ1n) is 6.19. The van der Waals surface area contributed by atoms with Gasteiger partial charge in [-0.1, -0.05) is 26.0 Å². The number of nitrogens with one attached hydrogen (secondary N) is 2. The number of aromatic nitrogens is 1. The second-order valence-corrected chi connectivity index (χ2v) is 4.51. The van der Waals surface area contributed by atoms with Gasteiger partial charge >= 0.3 is 0 Å². The molecule has 5 nitrogen and oxygen atoms in total. The van der Waals surface area contributed by atoms with Gasteiger partial charge in [0.1, 0.15) is 11.4 Å². The number of nitrogens with zero attached hydrogens (tertiary/aromatic N) is 1. The van der Waals surface area contributed by atoms with Crippen LogP contribution in [0.4, 0.5) is 0 Å². The zero-order valence-corrected chi connectivity index (χ0v) is 11.3. The van der Waals surface area contributed by atoms with E-state index in [1.165, 1.54) is 0 Å². The van der Waals surface area contributed by atoms with Crippen molar-refractivity contribution in [1.29, 1.82) is 0 Å². The van der Waals surface area contributed by atoms with Crippen molar-refractivity contribution in [2.24, 2.45) is 5.92 Å². The first-order chi connectivity index (χ1) is 9.04. The molecule has 0 bridgehead atoms. The lowest BCUT2D eigenvalue weighted by molar-refractivity contribution is 0.0942. The molecule has 0 fully saturated rings. The van der Waals surface area contributed by atoms with E-state index < -0.39 is 0 Å². The summed E-state index contributed by atoms with van der Waals surface area (Å²) in [7, 11) is 0. The molecular formula is C14H19N3O2.